The first-order valence-electron chi connectivity index (χ1n) is 12.5. The van der Waals surface area contributed by atoms with Crippen molar-refractivity contribution in [3.05, 3.63) is 89.4 Å². The molecule has 1 aromatic carbocycles. The SMILES string of the molecule is C=C/C=C(\C(=C/C)NC(=O)c1cccc(N2Cc3ccc(OCCNC)cc3C2=O)n1)N1CCNCC1. The van der Waals surface area contributed by atoms with Crippen molar-refractivity contribution in [3.63, 3.8) is 0 Å². The lowest BCUT2D eigenvalue weighted by atomic mass is 10.1. The van der Waals surface area contributed by atoms with Gasteiger partial charge in [0.05, 0.1) is 17.9 Å². The molecule has 1 aromatic heterocycles. The van der Waals surface area contributed by atoms with Gasteiger partial charge in [0.2, 0.25) is 0 Å². The number of pyridine rings is 1. The van der Waals surface area contributed by atoms with Crippen molar-refractivity contribution in [2.75, 3.05) is 51.3 Å². The zero-order chi connectivity index (χ0) is 26.2. The second-order valence-corrected chi connectivity index (χ2v) is 8.72. The number of piperazine rings is 1. The first kappa shape index (κ1) is 26.1. The van der Waals surface area contributed by atoms with Crippen LogP contribution in [0.5, 0.6) is 5.75 Å². The van der Waals surface area contributed by atoms with E-state index >= 15 is 0 Å². The number of nitrogens with one attached hydrogen (secondary N) is 3. The summed E-state index contributed by atoms with van der Waals surface area (Å²) >= 11 is 0. The van der Waals surface area contributed by atoms with Crippen LogP contribution in [0.15, 0.2) is 72.6 Å². The summed E-state index contributed by atoms with van der Waals surface area (Å²) < 4.78 is 5.71. The molecule has 0 aliphatic carbocycles. The average Bonchev–Trinajstić information content (AvgIpc) is 3.27. The number of amides is 2. The summed E-state index contributed by atoms with van der Waals surface area (Å²) in [6.07, 6.45) is 5.50. The lowest BCUT2D eigenvalue weighted by molar-refractivity contribution is 0.0955. The number of likely N-dealkylation sites (N-methyl/N-ethyl adjacent to an activating group) is 1. The van der Waals surface area contributed by atoms with Gasteiger partial charge in [-0.3, -0.25) is 14.5 Å². The third-order valence-corrected chi connectivity index (χ3v) is 6.30. The Morgan fingerprint density at radius 3 is 2.78 bits per heavy atom. The number of aromatic nitrogens is 1. The van der Waals surface area contributed by atoms with E-state index in [1.165, 1.54) is 0 Å². The maximum atomic E-state index is 13.2. The molecule has 0 saturated carbocycles. The Labute approximate surface area is 217 Å². The van der Waals surface area contributed by atoms with E-state index in [1.807, 2.05) is 38.3 Å². The highest BCUT2D eigenvalue weighted by Gasteiger charge is 2.30. The zero-order valence-electron chi connectivity index (χ0n) is 21.4. The molecule has 0 bridgehead atoms. The van der Waals surface area contributed by atoms with Crippen LogP contribution in [-0.4, -0.2) is 68.1 Å². The largest absolute Gasteiger partial charge is 0.492 e. The molecule has 2 aliphatic rings. The fourth-order valence-corrected chi connectivity index (χ4v) is 4.38. The van der Waals surface area contributed by atoms with E-state index in [1.54, 1.807) is 35.2 Å². The number of carbonyl (C=O) groups excluding carboxylic acids is 2. The molecule has 9 heteroatoms. The Morgan fingerprint density at radius 1 is 1.24 bits per heavy atom. The minimum Gasteiger partial charge on any atom is -0.492 e. The predicted octanol–water partition coefficient (Wildman–Crippen LogP) is 2.45. The summed E-state index contributed by atoms with van der Waals surface area (Å²) in [6, 6.07) is 10.7. The van der Waals surface area contributed by atoms with Crippen molar-refractivity contribution in [3.8, 4) is 5.75 Å². The number of rotatable bonds is 10. The van der Waals surface area contributed by atoms with Crippen LogP contribution in [0.1, 0.15) is 33.3 Å². The van der Waals surface area contributed by atoms with Crippen molar-refractivity contribution in [1.82, 2.24) is 25.8 Å². The topological polar surface area (TPSA) is 98.8 Å². The maximum Gasteiger partial charge on any atom is 0.274 e. The number of fused-ring (bicyclic) bond motifs is 1. The number of hydrogen-bond acceptors (Lipinski definition) is 7. The third-order valence-electron chi connectivity index (χ3n) is 6.30. The number of anilines is 1. The molecule has 0 unspecified atom stereocenters. The Morgan fingerprint density at radius 2 is 2.05 bits per heavy atom. The molecule has 3 heterocycles. The van der Waals surface area contributed by atoms with E-state index in [4.69, 9.17) is 4.74 Å². The predicted molar refractivity (Wildman–Crippen MR) is 145 cm³/mol. The van der Waals surface area contributed by atoms with Crippen molar-refractivity contribution in [1.29, 1.82) is 0 Å². The summed E-state index contributed by atoms with van der Waals surface area (Å²) in [7, 11) is 1.86. The van der Waals surface area contributed by atoms with Gasteiger partial charge in [0.1, 0.15) is 23.9 Å². The fourth-order valence-electron chi connectivity index (χ4n) is 4.38. The van der Waals surface area contributed by atoms with E-state index in [0.717, 1.165) is 37.4 Å². The normalized spacial score (nSPS) is 16.0. The zero-order valence-corrected chi connectivity index (χ0v) is 21.4. The van der Waals surface area contributed by atoms with Crippen LogP contribution >= 0.6 is 0 Å². The van der Waals surface area contributed by atoms with Crippen LogP contribution in [-0.2, 0) is 6.54 Å². The molecule has 3 N–H and O–H groups in total. The smallest absolute Gasteiger partial charge is 0.274 e. The first-order chi connectivity index (χ1) is 18.0. The molecule has 4 rings (SSSR count). The van der Waals surface area contributed by atoms with Crippen LogP contribution in [0.3, 0.4) is 0 Å². The molecule has 0 spiro atoms. The number of ether oxygens (including phenoxy) is 1. The highest BCUT2D eigenvalue weighted by Crippen LogP contribution is 2.30. The molecule has 0 atom stereocenters. The van der Waals surface area contributed by atoms with Gasteiger partial charge < -0.3 is 25.6 Å². The highest BCUT2D eigenvalue weighted by molar-refractivity contribution is 6.10. The van der Waals surface area contributed by atoms with Crippen LogP contribution in [0.4, 0.5) is 5.82 Å². The summed E-state index contributed by atoms with van der Waals surface area (Å²) in [6.45, 7) is 10.7. The van der Waals surface area contributed by atoms with E-state index in [-0.39, 0.29) is 17.5 Å². The molecule has 2 aromatic rings. The molecule has 2 amide bonds. The van der Waals surface area contributed by atoms with Gasteiger partial charge in [-0.25, -0.2) is 4.98 Å². The van der Waals surface area contributed by atoms with Crippen LogP contribution in [0.25, 0.3) is 0 Å². The van der Waals surface area contributed by atoms with Crippen LogP contribution < -0.4 is 25.6 Å². The van der Waals surface area contributed by atoms with Crippen molar-refractivity contribution >= 4 is 17.6 Å². The molecule has 37 heavy (non-hydrogen) atoms. The Hall–Kier alpha value is -3.95. The second kappa shape index (κ2) is 12.3. The summed E-state index contributed by atoms with van der Waals surface area (Å²) in [5.74, 6) is 0.571. The molecule has 1 saturated heterocycles. The van der Waals surface area contributed by atoms with Crippen molar-refractivity contribution in [2.45, 2.75) is 13.5 Å². The number of carbonyl (C=O) groups is 2. The van der Waals surface area contributed by atoms with Crippen LogP contribution in [0, 0.1) is 0 Å². The molecule has 0 radical (unpaired) electrons. The van der Waals surface area contributed by atoms with Gasteiger partial charge in [-0.1, -0.05) is 30.9 Å². The minimum absolute atomic E-state index is 0.164. The molecule has 9 nitrogen and oxygen atoms in total. The van der Waals surface area contributed by atoms with E-state index in [2.05, 4.69) is 32.4 Å². The number of allylic oxidation sites excluding steroid dienone is 3. The van der Waals surface area contributed by atoms with Gasteiger partial charge in [0, 0.05) is 38.3 Å². The Bertz CT molecular complexity index is 1220. The molecular formula is C28H34N6O3. The third kappa shape index (κ3) is 6.07. The summed E-state index contributed by atoms with van der Waals surface area (Å²) in [5.41, 5.74) is 3.31. The lowest BCUT2D eigenvalue weighted by Crippen LogP contribution is -2.44. The lowest BCUT2D eigenvalue weighted by Gasteiger charge is -2.32. The van der Waals surface area contributed by atoms with Crippen molar-refractivity contribution in [2.24, 2.45) is 0 Å². The van der Waals surface area contributed by atoms with Crippen LogP contribution in [0.2, 0.25) is 0 Å². The molecular weight excluding hydrogens is 468 g/mol. The number of benzene rings is 1. The maximum absolute atomic E-state index is 13.2. The first-order valence-corrected chi connectivity index (χ1v) is 12.5. The van der Waals surface area contributed by atoms with E-state index < -0.39 is 0 Å². The minimum atomic E-state index is -0.343. The van der Waals surface area contributed by atoms with Crippen molar-refractivity contribution < 1.29 is 14.3 Å². The standard InChI is InChI=1S/C28H34N6O3/c1-4-7-25(33-15-12-30-13-16-33)23(5-2)32-27(35)24-8-6-9-26(31-24)34-19-20-10-11-21(37-17-14-29-3)18-22(20)28(34)36/h4-11,18,29-30H,1,12-17,19H2,2-3H3,(H,32,35)/b23-5+,25-7+. The van der Waals surface area contributed by atoms with E-state index in [9.17, 15) is 9.59 Å². The van der Waals surface area contributed by atoms with Gasteiger partial charge in [-0.2, -0.15) is 0 Å². The number of nitrogens with zero attached hydrogens (tertiary/aromatic N) is 3. The number of hydrogen-bond donors (Lipinski definition) is 3. The molecule has 2 aliphatic heterocycles. The Balaban J connectivity index is 1.49. The van der Waals surface area contributed by atoms with Gasteiger partial charge in [0.15, 0.2) is 0 Å². The molecule has 1 fully saturated rings. The van der Waals surface area contributed by atoms with Gasteiger partial charge in [-0.05, 0) is 49.9 Å². The summed E-state index contributed by atoms with van der Waals surface area (Å²) in [4.78, 5) is 34.8. The monoisotopic (exact) mass is 502 g/mol. The van der Waals surface area contributed by atoms with Gasteiger partial charge in [0.25, 0.3) is 11.8 Å². The van der Waals surface area contributed by atoms with Gasteiger partial charge >= 0.3 is 0 Å². The quantitative estimate of drug-likeness (QED) is 0.339. The molecule has 194 valence electrons. The second-order valence-electron chi connectivity index (χ2n) is 8.72. The average molecular weight is 503 g/mol. The Kier molecular flexibility index (Phi) is 8.71. The summed E-state index contributed by atoms with van der Waals surface area (Å²) in [5, 5.41) is 9.37. The van der Waals surface area contributed by atoms with Gasteiger partial charge in [-0.15, -0.1) is 0 Å². The highest BCUT2D eigenvalue weighted by atomic mass is 16.5. The fraction of sp³-hybridized carbons (Fsp3) is 0.321. The van der Waals surface area contributed by atoms with E-state index in [0.29, 0.717) is 42.5 Å².